The van der Waals surface area contributed by atoms with Gasteiger partial charge in [0.25, 0.3) is 0 Å². The average Bonchev–Trinajstić information content (AvgIpc) is 2.47. The highest BCUT2D eigenvalue weighted by Gasteiger charge is 2.08. The predicted octanol–water partition coefficient (Wildman–Crippen LogP) is 5.49. The first-order chi connectivity index (χ1) is 10.1. The van der Waals surface area contributed by atoms with Crippen LogP contribution in [-0.2, 0) is 0 Å². The Morgan fingerprint density at radius 2 is 1.76 bits per heavy atom. The van der Waals surface area contributed by atoms with Gasteiger partial charge in [-0.3, -0.25) is 4.79 Å². The number of fused-ring (bicyclic) bond motifs is 1. The van der Waals surface area contributed by atoms with Crippen molar-refractivity contribution in [1.82, 2.24) is 0 Å². The van der Waals surface area contributed by atoms with E-state index in [0.717, 1.165) is 16.5 Å². The third-order valence-electron chi connectivity index (χ3n) is 3.30. The molecule has 0 aromatic heterocycles. The topological polar surface area (TPSA) is 26.3 Å². The Morgan fingerprint density at radius 1 is 1.00 bits per heavy atom. The molecule has 0 aliphatic carbocycles. The number of hydrogen-bond donors (Lipinski definition) is 0. The molecule has 3 rings (SSSR count). The number of carbonyl (C=O) groups is 1. The number of rotatable bonds is 3. The van der Waals surface area contributed by atoms with Crippen LogP contribution in [0.5, 0.6) is 11.5 Å². The molecule has 2 nitrogen and oxygen atoms in total. The Balaban J connectivity index is 1.99. The molecule has 0 fully saturated rings. The summed E-state index contributed by atoms with van der Waals surface area (Å²) in [5.41, 5.74) is 0.502. The van der Waals surface area contributed by atoms with Crippen LogP contribution in [0.2, 0.25) is 5.02 Å². The molecule has 0 N–H and O–H groups in total. The number of ether oxygens (including phenoxy) is 1. The van der Waals surface area contributed by atoms with Crippen molar-refractivity contribution >= 4 is 28.2 Å². The Bertz CT molecular complexity index is 819. The van der Waals surface area contributed by atoms with Crippen molar-refractivity contribution in [1.29, 1.82) is 0 Å². The molecule has 0 aliphatic heterocycles. The Hall–Kier alpha value is -2.32. The number of halogens is 1. The Morgan fingerprint density at radius 3 is 2.52 bits per heavy atom. The fraction of sp³-hybridized carbons (Fsp3) is 0.0556. The highest BCUT2D eigenvalue weighted by molar-refractivity contribution is 6.34. The lowest BCUT2D eigenvalue weighted by Crippen LogP contribution is -1.94. The van der Waals surface area contributed by atoms with Gasteiger partial charge < -0.3 is 4.74 Å². The summed E-state index contributed by atoms with van der Waals surface area (Å²) in [6.07, 6.45) is 0. The maximum Gasteiger partial charge on any atom is 0.161 e. The van der Waals surface area contributed by atoms with Gasteiger partial charge in [-0.2, -0.15) is 0 Å². The van der Waals surface area contributed by atoms with E-state index in [-0.39, 0.29) is 5.78 Å². The molecule has 0 aliphatic rings. The van der Waals surface area contributed by atoms with Crippen LogP contribution in [0.25, 0.3) is 10.8 Å². The zero-order valence-electron chi connectivity index (χ0n) is 11.5. The fourth-order valence-electron chi connectivity index (χ4n) is 2.26. The van der Waals surface area contributed by atoms with E-state index in [1.54, 1.807) is 18.2 Å². The number of hydrogen-bond acceptors (Lipinski definition) is 2. The second-order valence-electron chi connectivity index (χ2n) is 4.78. The molecule has 21 heavy (non-hydrogen) atoms. The minimum atomic E-state index is -0.0586. The van der Waals surface area contributed by atoms with E-state index in [2.05, 4.69) is 0 Å². The number of benzene rings is 3. The lowest BCUT2D eigenvalue weighted by Gasteiger charge is -2.10. The molecule has 0 atom stereocenters. The predicted molar refractivity (Wildman–Crippen MR) is 85.5 cm³/mol. The first kappa shape index (κ1) is 13.7. The van der Waals surface area contributed by atoms with Crippen molar-refractivity contribution in [3.8, 4) is 11.5 Å². The lowest BCUT2D eigenvalue weighted by molar-refractivity contribution is 0.101. The van der Waals surface area contributed by atoms with E-state index < -0.39 is 0 Å². The standard InChI is InChI=1S/C18H13ClO2/c1-12(20)15-10-9-14(11-17(15)19)21-18-8-4-6-13-5-2-3-7-16(13)18/h2-11H,1H3. The van der Waals surface area contributed by atoms with Crippen molar-refractivity contribution in [3.63, 3.8) is 0 Å². The summed E-state index contributed by atoms with van der Waals surface area (Å²) < 4.78 is 5.91. The fourth-order valence-corrected chi connectivity index (χ4v) is 2.56. The van der Waals surface area contributed by atoms with E-state index in [4.69, 9.17) is 16.3 Å². The van der Waals surface area contributed by atoms with Gasteiger partial charge in [0.2, 0.25) is 0 Å². The number of carbonyl (C=O) groups excluding carboxylic acids is 1. The quantitative estimate of drug-likeness (QED) is 0.598. The van der Waals surface area contributed by atoms with Gasteiger partial charge in [-0.25, -0.2) is 0 Å². The molecule has 104 valence electrons. The normalized spacial score (nSPS) is 10.6. The lowest BCUT2D eigenvalue weighted by atomic mass is 10.1. The average molecular weight is 297 g/mol. The van der Waals surface area contributed by atoms with E-state index in [1.165, 1.54) is 6.92 Å². The minimum absolute atomic E-state index is 0.0586. The summed E-state index contributed by atoms with van der Waals surface area (Å²) in [7, 11) is 0. The maximum absolute atomic E-state index is 11.4. The SMILES string of the molecule is CC(=O)c1ccc(Oc2cccc3ccccc23)cc1Cl. The van der Waals surface area contributed by atoms with E-state index in [0.29, 0.717) is 16.3 Å². The summed E-state index contributed by atoms with van der Waals surface area (Å²) in [6.45, 7) is 1.49. The summed E-state index contributed by atoms with van der Waals surface area (Å²) in [5, 5.41) is 2.55. The van der Waals surface area contributed by atoms with Gasteiger partial charge in [0.1, 0.15) is 11.5 Å². The van der Waals surface area contributed by atoms with Gasteiger partial charge in [0, 0.05) is 17.0 Å². The molecular weight excluding hydrogens is 284 g/mol. The van der Waals surface area contributed by atoms with E-state index in [9.17, 15) is 4.79 Å². The molecule has 0 unspecified atom stereocenters. The van der Waals surface area contributed by atoms with Gasteiger partial charge in [0.15, 0.2) is 5.78 Å². The smallest absolute Gasteiger partial charge is 0.161 e. The van der Waals surface area contributed by atoms with Crippen LogP contribution in [0, 0.1) is 0 Å². The number of Topliss-reactive ketones (excluding diaryl/α,β-unsaturated/α-hetero) is 1. The van der Waals surface area contributed by atoms with Crippen molar-refractivity contribution in [2.75, 3.05) is 0 Å². The van der Waals surface area contributed by atoms with Crippen molar-refractivity contribution in [2.45, 2.75) is 6.92 Å². The Labute approximate surface area is 127 Å². The van der Waals surface area contributed by atoms with Crippen LogP contribution < -0.4 is 4.74 Å². The molecule has 0 amide bonds. The first-order valence-electron chi connectivity index (χ1n) is 6.61. The van der Waals surface area contributed by atoms with Crippen molar-refractivity contribution < 1.29 is 9.53 Å². The third kappa shape index (κ3) is 2.76. The molecule has 3 aromatic rings. The largest absolute Gasteiger partial charge is 0.457 e. The highest BCUT2D eigenvalue weighted by Crippen LogP contribution is 2.31. The molecule has 3 aromatic carbocycles. The van der Waals surface area contributed by atoms with Crippen LogP contribution in [0.3, 0.4) is 0 Å². The van der Waals surface area contributed by atoms with Crippen LogP contribution in [0.1, 0.15) is 17.3 Å². The van der Waals surface area contributed by atoms with Gasteiger partial charge in [-0.15, -0.1) is 0 Å². The van der Waals surface area contributed by atoms with E-state index >= 15 is 0 Å². The van der Waals surface area contributed by atoms with Crippen LogP contribution in [0.4, 0.5) is 0 Å². The summed E-state index contributed by atoms with van der Waals surface area (Å²) >= 11 is 6.11. The minimum Gasteiger partial charge on any atom is -0.457 e. The molecule has 0 saturated heterocycles. The second-order valence-corrected chi connectivity index (χ2v) is 5.18. The Kier molecular flexibility index (Phi) is 3.63. The van der Waals surface area contributed by atoms with Gasteiger partial charge in [-0.05, 0) is 30.5 Å². The van der Waals surface area contributed by atoms with Crippen LogP contribution >= 0.6 is 11.6 Å². The molecule has 3 heteroatoms. The molecule has 0 radical (unpaired) electrons. The zero-order valence-corrected chi connectivity index (χ0v) is 12.2. The van der Waals surface area contributed by atoms with E-state index in [1.807, 2.05) is 42.5 Å². The first-order valence-corrected chi connectivity index (χ1v) is 6.99. The van der Waals surface area contributed by atoms with Gasteiger partial charge in [0.05, 0.1) is 5.02 Å². The van der Waals surface area contributed by atoms with Crippen LogP contribution in [-0.4, -0.2) is 5.78 Å². The molecule has 0 spiro atoms. The summed E-state index contributed by atoms with van der Waals surface area (Å²) in [5.74, 6) is 1.32. The van der Waals surface area contributed by atoms with Crippen molar-refractivity contribution in [2.24, 2.45) is 0 Å². The molecule has 0 bridgehead atoms. The van der Waals surface area contributed by atoms with Gasteiger partial charge >= 0.3 is 0 Å². The third-order valence-corrected chi connectivity index (χ3v) is 3.61. The number of ketones is 1. The molecular formula is C18H13ClO2. The summed E-state index contributed by atoms with van der Waals surface area (Å²) in [6, 6.07) is 19.0. The summed E-state index contributed by atoms with van der Waals surface area (Å²) in [4.78, 5) is 11.4. The van der Waals surface area contributed by atoms with Crippen molar-refractivity contribution in [3.05, 3.63) is 71.2 Å². The molecule has 0 saturated carbocycles. The maximum atomic E-state index is 11.4. The van der Waals surface area contributed by atoms with Gasteiger partial charge in [-0.1, -0.05) is 48.0 Å². The van der Waals surface area contributed by atoms with Crippen LogP contribution in [0.15, 0.2) is 60.7 Å². The monoisotopic (exact) mass is 296 g/mol. The zero-order chi connectivity index (χ0) is 14.8. The highest BCUT2D eigenvalue weighted by atomic mass is 35.5. The second kappa shape index (κ2) is 5.58. The molecule has 0 heterocycles.